The summed E-state index contributed by atoms with van der Waals surface area (Å²) in [5.41, 5.74) is 2.19. The molecule has 2 saturated carbocycles. The fraction of sp³-hybridized carbons (Fsp3) is 0.500. The summed E-state index contributed by atoms with van der Waals surface area (Å²) in [6.07, 6.45) is 8.26. The van der Waals surface area contributed by atoms with E-state index in [0.29, 0.717) is 34.8 Å². The fourth-order valence-corrected chi connectivity index (χ4v) is 4.85. The molecule has 1 aromatic carbocycles. The van der Waals surface area contributed by atoms with Gasteiger partial charge in [-0.2, -0.15) is 5.10 Å². The van der Waals surface area contributed by atoms with E-state index in [9.17, 15) is 15.0 Å². The number of pyridine rings is 1. The molecule has 0 aliphatic heterocycles. The Morgan fingerprint density at radius 2 is 1.91 bits per heavy atom. The van der Waals surface area contributed by atoms with Crippen LogP contribution in [-0.4, -0.2) is 37.5 Å². The number of fused-ring (bicyclic) bond motifs is 1. The van der Waals surface area contributed by atoms with Crippen LogP contribution in [0.15, 0.2) is 36.5 Å². The van der Waals surface area contributed by atoms with Gasteiger partial charge in [-0.05, 0) is 82.6 Å². The minimum Gasteiger partial charge on any atom is -0.396 e. The van der Waals surface area contributed by atoms with Crippen LogP contribution in [0.4, 0.5) is 5.69 Å². The lowest BCUT2D eigenvalue weighted by Crippen LogP contribution is -2.21. The zero-order chi connectivity index (χ0) is 23.2. The van der Waals surface area contributed by atoms with E-state index in [-0.39, 0.29) is 12.5 Å². The molecule has 2 fully saturated rings. The van der Waals surface area contributed by atoms with Crippen molar-refractivity contribution in [3.63, 3.8) is 0 Å². The minimum absolute atomic E-state index is 0.254. The Morgan fingerprint density at radius 1 is 1.15 bits per heavy atom. The predicted octanol–water partition coefficient (Wildman–Crippen LogP) is 4.51. The summed E-state index contributed by atoms with van der Waals surface area (Å²) < 4.78 is 2.01. The highest BCUT2D eigenvalue weighted by molar-refractivity contribution is 6.04. The summed E-state index contributed by atoms with van der Waals surface area (Å²) in [6.45, 7) is 3.68. The molecule has 2 aliphatic carbocycles. The van der Waals surface area contributed by atoms with Crippen molar-refractivity contribution in [1.29, 1.82) is 0 Å². The Labute approximate surface area is 193 Å². The predicted molar refractivity (Wildman–Crippen MR) is 127 cm³/mol. The maximum Gasteiger partial charge on any atom is 0.274 e. The average molecular weight is 449 g/mol. The van der Waals surface area contributed by atoms with Crippen molar-refractivity contribution in [3.8, 4) is 0 Å². The molecule has 3 N–H and O–H groups in total. The second-order valence-corrected chi connectivity index (χ2v) is 10.2. The van der Waals surface area contributed by atoms with Gasteiger partial charge in [-0.3, -0.25) is 9.48 Å². The molecule has 0 spiro atoms. The molecule has 0 atom stereocenters. The summed E-state index contributed by atoms with van der Waals surface area (Å²) in [4.78, 5) is 17.6. The van der Waals surface area contributed by atoms with Crippen molar-refractivity contribution in [1.82, 2.24) is 14.8 Å². The standard InChI is InChI=1S/C26H32N4O3/c1-26(2,33)20-13-23-18(14-30(29-23)19-10-6-16(15-31)7-11-19)12-24(20)28-25(32)22-5-3-4-21(27-22)17-8-9-17/h3-5,12-14,16-17,19,31,33H,6-11,15H2,1-2H3,(H,28,32). The van der Waals surface area contributed by atoms with Crippen molar-refractivity contribution in [3.05, 3.63) is 53.5 Å². The third kappa shape index (κ3) is 4.66. The quantitative estimate of drug-likeness (QED) is 0.515. The van der Waals surface area contributed by atoms with Crippen LogP contribution in [0.2, 0.25) is 0 Å². The largest absolute Gasteiger partial charge is 0.396 e. The Bertz CT molecular complexity index is 1170. The maximum atomic E-state index is 13.0. The zero-order valence-corrected chi connectivity index (χ0v) is 19.3. The molecule has 0 unspecified atom stereocenters. The number of hydrogen-bond donors (Lipinski definition) is 3. The number of aromatic nitrogens is 3. The fourth-order valence-electron chi connectivity index (χ4n) is 4.85. The molecule has 5 rings (SSSR count). The second kappa shape index (κ2) is 8.54. The average Bonchev–Trinajstić information content (AvgIpc) is 3.57. The van der Waals surface area contributed by atoms with Crippen molar-refractivity contribution >= 4 is 22.5 Å². The van der Waals surface area contributed by atoms with Crippen molar-refractivity contribution in [2.75, 3.05) is 11.9 Å². The van der Waals surface area contributed by atoms with Crippen LogP contribution >= 0.6 is 0 Å². The van der Waals surface area contributed by atoms with Crippen LogP contribution in [0, 0.1) is 5.92 Å². The summed E-state index contributed by atoms with van der Waals surface area (Å²) in [7, 11) is 0. The molecule has 174 valence electrons. The molecule has 0 radical (unpaired) electrons. The molecule has 0 bridgehead atoms. The van der Waals surface area contributed by atoms with E-state index < -0.39 is 5.60 Å². The lowest BCUT2D eigenvalue weighted by Gasteiger charge is -2.27. The number of benzene rings is 1. The van der Waals surface area contributed by atoms with Gasteiger partial charge >= 0.3 is 0 Å². The molecule has 1 amide bonds. The SMILES string of the molecule is CC(C)(O)c1cc2nn(C3CCC(CO)CC3)cc2cc1NC(=O)c1cccc(C2CC2)n1. The molecule has 2 aromatic heterocycles. The normalized spacial score (nSPS) is 21.3. The first-order chi connectivity index (χ1) is 15.8. The molecule has 33 heavy (non-hydrogen) atoms. The highest BCUT2D eigenvalue weighted by atomic mass is 16.3. The second-order valence-electron chi connectivity index (χ2n) is 10.2. The van der Waals surface area contributed by atoms with Crippen LogP contribution in [0.5, 0.6) is 0 Å². The summed E-state index contributed by atoms with van der Waals surface area (Å²) in [6, 6.07) is 9.65. The van der Waals surface area contributed by atoms with Gasteiger partial charge in [-0.25, -0.2) is 4.98 Å². The Balaban J connectivity index is 1.44. The van der Waals surface area contributed by atoms with Crippen LogP contribution in [0.3, 0.4) is 0 Å². The molecule has 0 saturated heterocycles. The summed E-state index contributed by atoms with van der Waals surface area (Å²) in [5.74, 6) is 0.582. The number of hydrogen-bond acceptors (Lipinski definition) is 5. The number of aliphatic hydroxyl groups is 2. The number of amides is 1. The van der Waals surface area contributed by atoms with E-state index in [0.717, 1.165) is 55.1 Å². The third-order valence-electron chi connectivity index (χ3n) is 7.02. The zero-order valence-electron chi connectivity index (χ0n) is 19.3. The van der Waals surface area contributed by atoms with E-state index in [2.05, 4.69) is 10.3 Å². The molecule has 2 heterocycles. The van der Waals surface area contributed by atoms with E-state index in [1.165, 1.54) is 0 Å². The number of carbonyl (C=O) groups excluding carboxylic acids is 1. The van der Waals surface area contributed by atoms with E-state index in [4.69, 9.17) is 5.10 Å². The van der Waals surface area contributed by atoms with Crippen molar-refractivity contribution in [2.24, 2.45) is 5.92 Å². The van der Waals surface area contributed by atoms with Gasteiger partial charge in [0.2, 0.25) is 0 Å². The van der Waals surface area contributed by atoms with Gasteiger partial charge in [0.05, 0.1) is 17.2 Å². The van der Waals surface area contributed by atoms with Crippen LogP contribution in [0.25, 0.3) is 10.9 Å². The van der Waals surface area contributed by atoms with Gasteiger partial charge in [-0.15, -0.1) is 0 Å². The summed E-state index contributed by atoms with van der Waals surface area (Å²) in [5, 5.41) is 28.9. The maximum absolute atomic E-state index is 13.0. The van der Waals surface area contributed by atoms with Gasteiger partial charge in [0.25, 0.3) is 5.91 Å². The van der Waals surface area contributed by atoms with Crippen molar-refractivity contribution < 1.29 is 15.0 Å². The number of rotatable bonds is 6. The lowest BCUT2D eigenvalue weighted by molar-refractivity contribution is 0.0793. The molecular weight excluding hydrogens is 416 g/mol. The number of carbonyl (C=O) groups is 1. The number of nitrogens with zero attached hydrogens (tertiary/aromatic N) is 3. The van der Waals surface area contributed by atoms with Gasteiger partial charge in [0, 0.05) is 41.1 Å². The smallest absolute Gasteiger partial charge is 0.274 e. The molecule has 2 aliphatic rings. The van der Waals surface area contributed by atoms with Crippen LogP contribution in [-0.2, 0) is 5.60 Å². The van der Waals surface area contributed by atoms with Crippen molar-refractivity contribution in [2.45, 2.75) is 69.9 Å². The van der Waals surface area contributed by atoms with Gasteiger partial charge in [0.15, 0.2) is 0 Å². The first-order valence-electron chi connectivity index (χ1n) is 12.0. The van der Waals surface area contributed by atoms with Gasteiger partial charge in [0.1, 0.15) is 5.69 Å². The molecule has 7 heteroatoms. The Morgan fingerprint density at radius 3 is 2.58 bits per heavy atom. The van der Waals surface area contributed by atoms with E-state index in [1.54, 1.807) is 19.9 Å². The van der Waals surface area contributed by atoms with Gasteiger partial charge in [-0.1, -0.05) is 6.07 Å². The summed E-state index contributed by atoms with van der Waals surface area (Å²) >= 11 is 0. The number of anilines is 1. The highest BCUT2D eigenvalue weighted by Gasteiger charge is 2.27. The van der Waals surface area contributed by atoms with E-state index >= 15 is 0 Å². The third-order valence-corrected chi connectivity index (χ3v) is 7.02. The van der Waals surface area contributed by atoms with Crippen LogP contribution in [0.1, 0.15) is 86.1 Å². The van der Waals surface area contributed by atoms with E-state index in [1.807, 2.05) is 35.1 Å². The number of nitrogens with one attached hydrogen (secondary N) is 1. The minimum atomic E-state index is -1.15. The molecule has 3 aromatic rings. The first-order valence-corrected chi connectivity index (χ1v) is 12.0. The number of aliphatic hydroxyl groups excluding tert-OH is 1. The highest BCUT2D eigenvalue weighted by Crippen LogP contribution is 2.39. The Hall–Kier alpha value is -2.77. The Kier molecular flexibility index (Phi) is 5.70. The molecule has 7 nitrogen and oxygen atoms in total. The van der Waals surface area contributed by atoms with Gasteiger partial charge < -0.3 is 15.5 Å². The van der Waals surface area contributed by atoms with Crippen LogP contribution < -0.4 is 5.32 Å². The monoisotopic (exact) mass is 448 g/mol. The topological polar surface area (TPSA) is 100 Å². The molecular formula is C26H32N4O3. The lowest BCUT2D eigenvalue weighted by atomic mass is 9.87. The first kappa shape index (κ1) is 22.0.